The van der Waals surface area contributed by atoms with Crippen LogP contribution in [0.15, 0.2) is 6.07 Å². The lowest BCUT2D eigenvalue weighted by Crippen LogP contribution is -2.39. The molecule has 0 spiro atoms. The van der Waals surface area contributed by atoms with Crippen molar-refractivity contribution in [2.24, 2.45) is 11.1 Å². The first kappa shape index (κ1) is 15.7. The molecule has 0 bridgehead atoms. The molecule has 5 nitrogen and oxygen atoms in total. The molecule has 0 saturated heterocycles. The first-order valence-electron chi connectivity index (χ1n) is 6.93. The van der Waals surface area contributed by atoms with Crippen molar-refractivity contribution >= 4 is 5.97 Å². The second kappa shape index (κ2) is 6.70. The summed E-state index contributed by atoms with van der Waals surface area (Å²) in [6.07, 6.45) is 1.45. The second-order valence-electron chi connectivity index (χ2n) is 4.96. The summed E-state index contributed by atoms with van der Waals surface area (Å²) in [4.78, 5) is 12.0. The van der Waals surface area contributed by atoms with Crippen molar-refractivity contribution in [3.8, 4) is 0 Å². The third-order valence-corrected chi connectivity index (χ3v) is 3.37. The van der Waals surface area contributed by atoms with E-state index in [-0.39, 0.29) is 12.5 Å². The van der Waals surface area contributed by atoms with Gasteiger partial charge in [-0.2, -0.15) is 5.10 Å². The van der Waals surface area contributed by atoms with Crippen LogP contribution in [0.2, 0.25) is 0 Å². The molecule has 1 unspecified atom stereocenters. The van der Waals surface area contributed by atoms with E-state index in [9.17, 15) is 4.79 Å². The van der Waals surface area contributed by atoms with Crippen molar-refractivity contribution in [1.82, 2.24) is 9.78 Å². The number of nitrogens with zero attached hydrogens (tertiary/aromatic N) is 2. The Morgan fingerprint density at radius 3 is 2.63 bits per heavy atom. The minimum atomic E-state index is -0.687. The summed E-state index contributed by atoms with van der Waals surface area (Å²) in [5, 5.41) is 4.49. The second-order valence-corrected chi connectivity index (χ2v) is 4.96. The predicted octanol–water partition coefficient (Wildman–Crippen LogP) is 1.54. The van der Waals surface area contributed by atoms with Gasteiger partial charge in [-0.05, 0) is 33.3 Å². The summed E-state index contributed by atoms with van der Waals surface area (Å²) >= 11 is 0. The highest BCUT2D eigenvalue weighted by Crippen LogP contribution is 2.24. The maximum absolute atomic E-state index is 12.0. The highest BCUT2D eigenvalue weighted by atomic mass is 16.5. The zero-order chi connectivity index (χ0) is 14.5. The minimum absolute atomic E-state index is 0.237. The molecule has 1 rings (SSSR count). The Morgan fingerprint density at radius 2 is 2.16 bits per heavy atom. The molecule has 0 aromatic carbocycles. The summed E-state index contributed by atoms with van der Waals surface area (Å²) in [7, 11) is 0. The summed E-state index contributed by atoms with van der Waals surface area (Å²) in [6, 6.07) is 2.05. The molecule has 0 amide bonds. The first-order chi connectivity index (χ1) is 9.00. The summed E-state index contributed by atoms with van der Waals surface area (Å²) in [6.45, 7) is 9.20. The average molecular weight is 267 g/mol. The Bertz CT molecular complexity index is 428. The molecular weight excluding hydrogens is 242 g/mol. The summed E-state index contributed by atoms with van der Waals surface area (Å²) in [5.41, 5.74) is 7.18. The van der Waals surface area contributed by atoms with Gasteiger partial charge >= 0.3 is 5.97 Å². The van der Waals surface area contributed by atoms with E-state index in [1.54, 1.807) is 6.92 Å². The molecule has 108 valence electrons. The van der Waals surface area contributed by atoms with E-state index in [1.165, 1.54) is 0 Å². The van der Waals surface area contributed by atoms with E-state index in [1.807, 2.05) is 18.5 Å². The summed E-state index contributed by atoms with van der Waals surface area (Å²) in [5.74, 6) is -0.237. The van der Waals surface area contributed by atoms with Crippen molar-refractivity contribution < 1.29 is 9.53 Å². The van der Waals surface area contributed by atoms with Crippen molar-refractivity contribution in [1.29, 1.82) is 0 Å². The molecule has 1 aromatic rings. The van der Waals surface area contributed by atoms with Crippen LogP contribution in [-0.4, -0.2) is 28.9 Å². The molecule has 0 aliphatic carbocycles. The fourth-order valence-electron chi connectivity index (χ4n) is 2.04. The van der Waals surface area contributed by atoms with Gasteiger partial charge in [-0.25, -0.2) is 0 Å². The van der Waals surface area contributed by atoms with Gasteiger partial charge in [0.05, 0.1) is 17.7 Å². The van der Waals surface area contributed by atoms with E-state index in [0.717, 1.165) is 24.4 Å². The SMILES string of the molecule is CCOC(=O)C(C)(CN)Cc1cc(CC)nn1CC. The van der Waals surface area contributed by atoms with Gasteiger partial charge in [-0.15, -0.1) is 0 Å². The number of carbonyl (C=O) groups excluding carboxylic acids is 1. The maximum Gasteiger partial charge on any atom is 0.313 e. The van der Waals surface area contributed by atoms with Gasteiger partial charge < -0.3 is 10.5 Å². The molecule has 0 radical (unpaired) electrons. The van der Waals surface area contributed by atoms with Gasteiger partial charge in [-0.1, -0.05) is 6.92 Å². The fraction of sp³-hybridized carbons (Fsp3) is 0.714. The predicted molar refractivity (Wildman–Crippen MR) is 74.8 cm³/mol. The molecule has 19 heavy (non-hydrogen) atoms. The van der Waals surface area contributed by atoms with Crippen LogP contribution in [0.1, 0.15) is 39.1 Å². The van der Waals surface area contributed by atoms with Crippen LogP contribution in [0, 0.1) is 5.41 Å². The van der Waals surface area contributed by atoms with E-state index < -0.39 is 5.41 Å². The van der Waals surface area contributed by atoms with Crippen molar-refractivity contribution in [2.45, 2.75) is 47.1 Å². The van der Waals surface area contributed by atoms with Crippen molar-refractivity contribution in [2.75, 3.05) is 13.2 Å². The maximum atomic E-state index is 12.0. The van der Waals surface area contributed by atoms with Gasteiger partial charge in [0.1, 0.15) is 0 Å². The van der Waals surface area contributed by atoms with Gasteiger partial charge in [-0.3, -0.25) is 9.48 Å². The van der Waals surface area contributed by atoms with Crippen LogP contribution >= 0.6 is 0 Å². The molecule has 1 aromatic heterocycles. The molecule has 5 heteroatoms. The van der Waals surface area contributed by atoms with Gasteiger partial charge in [0.2, 0.25) is 0 Å². The number of esters is 1. The lowest BCUT2D eigenvalue weighted by atomic mass is 9.85. The van der Waals surface area contributed by atoms with Crippen LogP contribution < -0.4 is 5.73 Å². The number of aryl methyl sites for hydroxylation is 2. The standard InChI is InChI=1S/C14H25N3O2/c1-5-11-8-12(17(6-2)16-11)9-14(4,10-15)13(18)19-7-3/h8H,5-7,9-10,15H2,1-4H3. The number of carbonyl (C=O) groups is 1. The highest BCUT2D eigenvalue weighted by molar-refractivity contribution is 5.77. The van der Waals surface area contributed by atoms with Crippen LogP contribution in [-0.2, 0) is 28.9 Å². The number of hydrogen-bond acceptors (Lipinski definition) is 4. The molecule has 0 aliphatic heterocycles. The van der Waals surface area contributed by atoms with E-state index in [2.05, 4.69) is 18.1 Å². The molecule has 0 fully saturated rings. The molecule has 1 heterocycles. The van der Waals surface area contributed by atoms with Crippen molar-refractivity contribution in [3.05, 3.63) is 17.5 Å². The number of rotatable bonds is 7. The molecule has 2 N–H and O–H groups in total. The fourth-order valence-corrected chi connectivity index (χ4v) is 2.04. The van der Waals surface area contributed by atoms with E-state index in [0.29, 0.717) is 13.0 Å². The van der Waals surface area contributed by atoms with Crippen LogP contribution in [0.5, 0.6) is 0 Å². The zero-order valence-electron chi connectivity index (χ0n) is 12.4. The lowest BCUT2D eigenvalue weighted by molar-refractivity contribution is -0.153. The number of nitrogens with two attached hydrogens (primary N) is 1. The average Bonchev–Trinajstić information content (AvgIpc) is 2.80. The molecule has 1 atom stereocenters. The first-order valence-corrected chi connectivity index (χ1v) is 6.93. The lowest BCUT2D eigenvalue weighted by Gasteiger charge is -2.25. The topological polar surface area (TPSA) is 70.1 Å². The number of hydrogen-bond donors (Lipinski definition) is 1. The highest BCUT2D eigenvalue weighted by Gasteiger charge is 2.34. The molecule has 0 saturated carbocycles. The zero-order valence-corrected chi connectivity index (χ0v) is 12.4. The smallest absolute Gasteiger partial charge is 0.313 e. The van der Waals surface area contributed by atoms with Gasteiger partial charge in [0.25, 0.3) is 0 Å². The Labute approximate surface area is 115 Å². The number of ether oxygens (including phenoxy) is 1. The third kappa shape index (κ3) is 3.56. The van der Waals surface area contributed by atoms with Crippen molar-refractivity contribution in [3.63, 3.8) is 0 Å². The van der Waals surface area contributed by atoms with E-state index >= 15 is 0 Å². The summed E-state index contributed by atoms with van der Waals surface area (Å²) < 4.78 is 7.06. The van der Waals surface area contributed by atoms with Crippen LogP contribution in [0.25, 0.3) is 0 Å². The number of aromatic nitrogens is 2. The Morgan fingerprint density at radius 1 is 1.47 bits per heavy atom. The monoisotopic (exact) mass is 267 g/mol. The third-order valence-electron chi connectivity index (χ3n) is 3.37. The Kier molecular flexibility index (Phi) is 5.54. The minimum Gasteiger partial charge on any atom is -0.466 e. The quantitative estimate of drug-likeness (QED) is 0.761. The van der Waals surface area contributed by atoms with Gasteiger partial charge in [0.15, 0.2) is 0 Å². The van der Waals surface area contributed by atoms with Crippen LogP contribution in [0.3, 0.4) is 0 Å². The van der Waals surface area contributed by atoms with Gasteiger partial charge in [0, 0.05) is 25.2 Å². The Balaban J connectivity index is 2.97. The Hall–Kier alpha value is -1.36. The van der Waals surface area contributed by atoms with Crippen LogP contribution in [0.4, 0.5) is 0 Å². The van der Waals surface area contributed by atoms with E-state index in [4.69, 9.17) is 10.5 Å². The normalized spacial score (nSPS) is 14.2. The molecular formula is C14H25N3O2. The largest absolute Gasteiger partial charge is 0.466 e. The molecule has 0 aliphatic rings.